The van der Waals surface area contributed by atoms with Crippen LogP contribution in [0.2, 0.25) is 0 Å². The van der Waals surface area contributed by atoms with Crippen LogP contribution in [0.3, 0.4) is 0 Å². The van der Waals surface area contributed by atoms with Crippen LogP contribution in [0.25, 0.3) is 0 Å². The van der Waals surface area contributed by atoms with Crippen LogP contribution in [0, 0.1) is 12.8 Å². The van der Waals surface area contributed by atoms with Crippen LogP contribution in [-0.2, 0) is 10.3 Å². The van der Waals surface area contributed by atoms with E-state index in [9.17, 15) is 4.79 Å². The highest BCUT2D eigenvalue weighted by Gasteiger charge is 2.41. The lowest BCUT2D eigenvalue weighted by molar-refractivity contribution is -0.128. The zero-order chi connectivity index (χ0) is 14.9. The largest absolute Gasteiger partial charge is 0.344 e. The number of halogens is 2. The number of carbonyl (C=O) groups is 1. The highest BCUT2D eigenvalue weighted by molar-refractivity contribution is 7.09. The van der Waals surface area contributed by atoms with E-state index in [0.29, 0.717) is 0 Å². The van der Waals surface area contributed by atoms with Crippen molar-refractivity contribution in [3.05, 3.63) is 16.1 Å². The monoisotopic (exact) mass is 379 g/mol. The molecule has 0 aliphatic heterocycles. The van der Waals surface area contributed by atoms with E-state index in [0.717, 1.165) is 49.2 Å². The van der Waals surface area contributed by atoms with Gasteiger partial charge in [0.05, 0.1) is 5.54 Å². The van der Waals surface area contributed by atoms with Gasteiger partial charge in [0.15, 0.2) is 0 Å². The zero-order valence-corrected chi connectivity index (χ0v) is 16.0. The molecule has 2 fully saturated rings. The average Bonchev–Trinajstić information content (AvgIpc) is 3.09. The summed E-state index contributed by atoms with van der Waals surface area (Å²) in [5, 5.41) is 6.54. The Morgan fingerprint density at radius 1 is 1.30 bits per heavy atom. The lowest BCUT2D eigenvalue weighted by Gasteiger charge is -2.32. The van der Waals surface area contributed by atoms with Gasteiger partial charge in [0, 0.05) is 23.0 Å². The third-order valence-corrected chi connectivity index (χ3v) is 6.10. The Balaban J connectivity index is 0.00000132. The van der Waals surface area contributed by atoms with Crippen molar-refractivity contribution in [3.63, 3.8) is 0 Å². The molecule has 2 saturated carbocycles. The van der Waals surface area contributed by atoms with Gasteiger partial charge in [-0.15, -0.1) is 36.2 Å². The second kappa shape index (κ2) is 8.65. The minimum Gasteiger partial charge on any atom is -0.344 e. The van der Waals surface area contributed by atoms with Gasteiger partial charge in [-0.1, -0.05) is 19.3 Å². The lowest BCUT2D eigenvalue weighted by Crippen LogP contribution is -2.48. The molecule has 1 aromatic heterocycles. The molecular weight excluding hydrogens is 353 g/mol. The fourth-order valence-electron chi connectivity index (χ4n) is 3.75. The highest BCUT2D eigenvalue weighted by atomic mass is 35.5. The molecule has 0 aromatic carbocycles. The van der Waals surface area contributed by atoms with Gasteiger partial charge in [-0.2, -0.15) is 0 Å². The Labute approximate surface area is 154 Å². The number of amides is 1. The summed E-state index contributed by atoms with van der Waals surface area (Å²) in [7, 11) is 0. The lowest BCUT2D eigenvalue weighted by atomic mass is 9.84. The minimum absolute atomic E-state index is 0. The number of rotatable bonds is 3. The van der Waals surface area contributed by atoms with Crippen molar-refractivity contribution in [2.75, 3.05) is 0 Å². The molecule has 1 aromatic rings. The van der Waals surface area contributed by atoms with Crippen molar-refractivity contribution in [2.45, 2.75) is 69.9 Å². The van der Waals surface area contributed by atoms with Crippen LogP contribution in [0.1, 0.15) is 62.1 Å². The van der Waals surface area contributed by atoms with E-state index in [1.807, 2.05) is 6.92 Å². The molecule has 0 spiro atoms. The molecule has 1 heterocycles. The van der Waals surface area contributed by atoms with Crippen molar-refractivity contribution < 1.29 is 4.79 Å². The van der Waals surface area contributed by atoms with Crippen molar-refractivity contribution in [3.8, 4) is 0 Å². The van der Waals surface area contributed by atoms with Gasteiger partial charge in [0.1, 0.15) is 5.01 Å². The molecule has 132 valence electrons. The molecule has 0 saturated heterocycles. The summed E-state index contributed by atoms with van der Waals surface area (Å²) in [4.78, 5) is 17.4. The van der Waals surface area contributed by atoms with Crippen LogP contribution in [0.4, 0.5) is 0 Å². The summed E-state index contributed by atoms with van der Waals surface area (Å²) in [5.74, 6) is 0.284. The third-order valence-electron chi connectivity index (χ3n) is 4.93. The Bertz CT molecular complexity index is 517. The fourth-order valence-corrected chi connectivity index (χ4v) is 4.76. The molecule has 2 aliphatic carbocycles. The van der Waals surface area contributed by atoms with Crippen LogP contribution in [0.5, 0.6) is 0 Å². The first kappa shape index (κ1) is 20.7. The number of nitrogens with one attached hydrogen (secondary N) is 1. The summed E-state index contributed by atoms with van der Waals surface area (Å²) in [6.07, 6.45) is 8.32. The third kappa shape index (κ3) is 4.59. The second-order valence-corrected chi connectivity index (χ2v) is 7.55. The maximum Gasteiger partial charge on any atom is 0.223 e. The number of nitrogens with zero attached hydrogens (tertiary/aromatic N) is 1. The number of carbonyl (C=O) groups excluding carboxylic acids is 1. The van der Waals surface area contributed by atoms with E-state index < -0.39 is 0 Å². The number of aromatic nitrogens is 1. The standard InChI is InChI=1S/C16H25N3OS.2ClH/c1-11-10-21-15(18-11)16(7-2-3-8-16)19-14(20)12-5-4-6-13(17)9-12;;/h10,12-13H,2-9,17H2,1H3,(H,19,20);2*1H. The minimum atomic E-state index is -0.211. The molecule has 2 aliphatic rings. The first-order chi connectivity index (χ1) is 10.1. The Hall–Kier alpha value is -0.360. The average molecular weight is 380 g/mol. The zero-order valence-electron chi connectivity index (χ0n) is 13.5. The summed E-state index contributed by atoms with van der Waals surface area (Å²) >= 11 is 1.68. The van der Waals surface area contributed by atoms with Gasteiger partial charge in [-0.25, -0.2) is 4.98 Å². The van der Waals surface area contributed by atoms with Gasteiger partial charge in [0.25, 0.3) is 0 Å². The van der Waals surface area contributed by atoms with Gasteiger partial charge < -0.3 is 11.1 Å². The highest BCUT2D eigenvalue weighted by Crippen LogP contribution is 2.40. The number of aryl methyl sites for hydroxylation is 1. The maximum absolute atomic E-state index is 12.7. The normalized spacial score (nSPS) is 26.0. The Kier molecular flexibility index (Phi) is 7.78. The molecule has 23 heavy (non-hydrogen) atoms. The molecule has 2 atom stereocenters. The quantitative estimate of drug-likeness (QED) is 0.840. The number of hydrogen-bond acceptors (Lipinski definition) is 4. The maximum atomic E-state index is 12.7. The predicted molar refractivity (Wildman–Crippen MR) is 99.6 cm³/mol. The summed E-state index contributed by atoms with van der Waals surface area (Å²) in [6.45, 7) is 2.02. The van der Waals surface area contributed by atoms with E-state index in [1.54, 1.807) is 11.3 Å². The Morgan fingerprint density at radius 3 is 2.57 bits per heavy atom. The van der Waals surface area contributed by atoms with Gasteiger partial charge >= 0.3 is 0 Å². The first-order valence-electron chi connectivity index (χ1n) is 8.09. The van der Waals surface area contributed by atoms with Gasteiger partial charge in [0.2, 0.25) is 5.91 Å². The van der Waals surface area contributed by atoms with Crippen LogP contribution < -0.4 is 11.1 Å². The van der Waals surface area contributed by atoms with E-state index in [4.69, 9.17) is 5.73 Å². The van der Waals surface area contributed by atoms with Gasteiger partial charge in [-0.3, -0.25) is 4.79 Å². The molecule has 4 nitrogen and oxygen atoms in total. The number of thiazole rings is 1. The summed E-state index contributed by atoms with van der Waals surface area (Å²) in [6, 6.07) is 0.191. The van der Waals surface area contributed by atoms with Crippen molar-refractivity contribution in [2.24, 2.45) is 11.7 Å². The molecular formula is C16H27Cl2N3OS. The van der Waals surface area contributed by atoms with E-state index in [1.165, 1.54) is 12.8 Å². The molecule has 0 bridgehead atoms. The predicted octanol–water partition coefficient (Wildman–Crippen LogP) is 3.70. The number of nitrogens with two attached hydrogens (primary N) is 1. The molecule has 1 amide bonds. The molecule has 2 unspecified atom stereocenters. The molecule has 0 radical (unpaired) electrons. The van der Waals surface area contributed by atoms with Crippen LogP contribution in [-0.4, -0.2) is 16.9 Å². The van der Waals surface area contributed by atoms with Gasteiger partial charge in [-0.05, 0) is 39.0 Å². The topological polar surface area (TPSA) is 68.0 Å². The van der Waals surface area contributed by atoms with E-state index >= 15 is 0 Å². The smallest absolute Gasteiger partial charge is 0.223 e. The Morgan fingerprint density at radius 2 is 2.00 bits per heavy atom. The summed E-state index contributed by atoms with van der Waals surface area (Å²) in [5.41, 5.74) is 6.87. The fraction of sp³-hybridized carbons (Fsp3) is 0.750. The molecule has 3 N–H and O–H groups in total. The SMILES string of the molecule is Cc1csc(C2(NC(=O)C3CCCC(N)C3)CCCC2)n1.Cl.Cl. The van der Waals surface area contributed by atoms with E-state index in [-0.39, 0.29) is 48.2 Å². The first-order valence-corrected chi connectivity index (χ1v) is 8.97. The van der Waals surface area contributed by atoms with Crippen molar-refractivity contribution in [1.29, 1.82) is 0 Å². The summed E-state index contributed by atoms with van der Waals surface area (Å²) < 4.78 is 0. The van der Waals surface area contributed by atoms with Crippen LogP contribution >= 0.6 is 36.2 Å². The van der Waals surface area contributed by atoms with Crippen molar-refractivity contribution in [1.82, 2.24) is 10.3 Å². The second-order valence-electron chi connectivity index (χ2n) is 6.70. The van der Waals surface area contributed by atoms with E-state index in [2.05, 4.69) is 15.7 Å². The number of hydrogen-bond donors (Lipinski definition) is 2. The van der Waals surface area contributed by atoms with Crippen molar-refractivity contribution >= 4 is 42.1 Å². The molecule has 3 rings (SSSR count). The van der Waals surface area contributed by atoms with Crippen LogP contribution in [0.15, 0.2) is 5.38 Å². The molecule has 7 heteroatoms.